The minimum Gasteiger partial charge on any atom is -0.507 e. The summed E-state index contributed by atoms with van der Waals surface area (Å²) < 4.78 is 17.6. The Morgan fingerprint density at radius 3 is 2.24 bits per heavy atom. The number of hydrogen-bond donors (Lipinski definition) is 4. The number of ketones is 3. The molecule has 12 heteroatoms. The molecule has 1 aromatic rings. The first-order chi connectivity index (χ1) is 23.4. The summed E-state index contributed by atoms with van der Waals surface area (Å²) in [6, 6.07) is 0. The highest BCUT2D eigenvalue weighted by atomic mass is 16.5. The third-order valence-electron chi connectivity index (χ3n) is 10.2. The van der Waals surface area contributed by atoms with Gasteiger partial charge in [-0.2, -0.15) is 0 Å². The Bertz CT molecular complexity index is 1720. The van der Waals surface area contributed by atoms with Gasteiger partial charge in [-0.1, -0.05) is 58.1 Å². The first-order valence-electron chi connectivity index (χ1n) is 16.7. The van der Waals surface area contributed by atoms with Crippen LogP contribution in [0.3, 0.4) is 0 Å². The molecular weight excluding hydrogens is 646 g/mol. The number of aliphatic hydroxyl groups excluding tert-OH is 2. The summed E-state index contributed by atoms with van der Waals surface area (Å²) in [4.78, 5) is 66.5. The zero-order chi connectivity index (χ0) is 37.4. The zero-order valence-corrected chi connectivity index (χ0v) is 29.9. The van der Waals surface area contributed by atoms with Crippen LogP contribution in [0.4, 0.5) is 0 Å². The van der Waals surface area contributed by atoms with E-state index in [2.05, 4.69) is 5.32 Å². The lowest BCUT2D eigenvalue weighted by Gasteiger charge is -2.38. The molecule has 1 aromatic carbocycles. The molecule has 0 fully saturated rings. The van der Waals surface area contributed by atoms with Crippen LogP contribution in [0.1, 0.15) is 91.5 Å². The second kappa shape index (κ2) is 14.8. The Labute approximate surface area is 291 Å². The number of aliphatic hydroxyl groups is 2. The molecule has 9 atom stereocenters. The van der Waals surface area contributed by atoms with Gasteiger partial charge in [-0.3, -0.25) is 24.0 Å². The van der Waals surface area contributed by atoms with Gasteiger partial charge in [-0.25, -0.2) is 0 Å². The van der Waals surface area contributed by atoms with Crippen molar-refractivity contribution in [2.24, 2.45) is 23.7 Å². The van der Waals surface area contributed by atoms with Gasteiger partial charge in [0, 0.05) is 61.3 Å². The number of rotatable bonds is 2. The molecule has 12 nitrogen and oxygen atoms in total. The van der Waals surface area contributed by atoms with E-state index in [-0.39, 0.29) is 40.1 Å². The van der Waals surface area contributed by atoms with Crippen LogP contribution in [0.15, 0.2) is 47.7 Å². The molecule has 3 heterocycles. The fourth-order valence-electron chi connectivity index (χ4n) is 6.93. The molecule has 270 valence electrons. The Balaban J connectivity index is 1.83. The smallest absolute Gasteiger partial charge is 0.302 e. The number of nitrogens with one attached hydrogen (secondary N) is 1. The predicted molar refractivity (Wildman–Crippen MR) is 183 cm³/mol. The summed E-state index contributed by atoms with van der Waals surface area (Å²) in [6.45, 7) is 12.7. The first kappa shape index (κ1) is 38.4. The molecule has 4 N–H and O–H groups in total. The number of amides is 1. The number of aromatic hydroxyl groups is 1. The van der Waals surface area contributed by atoms with Crippen LogP contribution >= 0.6 is 0 Å². The molecule has 1 aliphatic carbocycles. The topological polar surface area (TPSA) is 186 Å². The lowest BCUT2D eigenvalue weighted by atomic mass is 9.78. The maximum absolute atomic E-state index is 14.0. The van der Waals surface area contributed by atoms with Gasteiger partial charge in [0.05, 0.1) is 40.7 Å². The minimum absolute atomic E-state index is 0.00198. The Hall–Kier alpha value is -4.39. The summed E-state index contributed by atoms with van der Waals surface area (Å²) in [6.07, 6.45) is 5.35. The van der Waals surface area contributed by atoms with E-state index >= 15 is 0 Å². The van der Waals surface area contributed by atoms with Crippen LogP contribution in [0, 0.1) is 30.6 Å². The van der Waals surface area contributed by atoms with Crippen LogP contribution in [0.5, 0.6) is 11.5 Å². The van der Waals surface area contributed by atoms with Gasteiger partial charge < -0.3 is 34.8 Å². The van der Waals surface area contributed by atoms with Crippen LogP contribution in [0.25, 0.3) is 0 Å². The van der Waals surface area contributed by atoms with Crippen LogP contribution in [-0.4, -0.2) is 81.7 Å². The third-order valence-corrected chi connectivity index (χ3v) is 10.2. The Morgan fingerprint density at radius 2 is 1.62 bits per heavy atom. The number of Topliss-reactive ketones (excluding diaryl/α,β-unsaturated/α-hetero) is 2. The van der Waals surface area contributed by atoms with Gasteiger partial charge in [0.25, 0.3) is 5.91 Å². The Morgan fingerprint density at radius 1 is 0.960 bits per heavy atom. The second-order valence-corrected chi connectivity index (χ2v) is 13.9. The van der Waals surface area contributed by atoms with Gasteiger partial charge >= 0.3 is 5.97 Å². The van der Waals surface area contributed by atoms with Crippen molar-refractivity contribution in [2.75, 3.05) is 7.11 Å². The average molecular weight is 694 g/mol. The summed E-state index contributed by atoms with van der Waals surface area (Å²) >= 11 is 0. The van der Waals surface area contributed by atoms with Gasteiger partial charge in [0.1, 0.15) is 17.6 Å². The van der Waals surface area contributed by atoms with E-state index < -0.39 is 94.2 Å². The number of esters is 1. The van der Waals surface area contributed by atoms with Crippen molar-refractivity contribution in [1.82, 2.24) is 5.32 Å². The number of carbonyl (C=O) groups excluding carboxylic acids is 5. The van der Waals surface area contributed by atoms with E-state index in [1.54, 1.807) is 52.0 Å². The standard InChI is InChI=1S/C38H47NO11/c1-17-12-10-13-18(2)37(47)39-24-16-25(41)27-28(33(24)45)32(44)22(6)35-29(27)36(46)38(8,50-35)15-11-14-26(48-9)19(3)34(49-23(7)40)21(5)31(43)20(4)30(17)42/h10-14,16-17,19-21,26,30-31,34,42-44H,15H2,1-9H3,(H,39,47)/b12-10+,14-11+,18-13-/t17-,19+,20+,21+,26-,30-,31+,34+,38+/m0/s1. The molecule has 5 rings (SSSR count). The van der Waals surface area contributed by atoms with Gasteiger partial charge in [-0.05, 0) is 20.8 Å². The molecule has 0 aromatic heterocycles. The lowest BCUT2D eigenvalue weighted by Crippen LogP contribution is -2.46. The van der Waals surface area contributed by atoms with E-state index in [4.69, 9.17) is 14.2 Å². The molecule has 5 bridgehead atoms. The summed E-state index contributed by atoms with van der Waals surface area (Å²) in [7, 11) is 1.48. The molecule has 50 heavy (non-hydrogen) atoms. The van der Waals surface area contributed by atoms with Crippen LogP contribution in [-0.2, 0) is 19.1 Å². The van der Waals surface area contributed by atoms with Gasteiger partial charge in [-0.15, -0.1) is 0 Å². The van der Waals surface area contributed by atoms with Crippen molar-refractivity contribution >= 4 is 29.2 Å². The maximum Gasteiger partial charge on any atom is 0.302 e. The number of allylic oxidation sites excluding steroid dienone is 4. The number of benzene rings is 1. The fourth-order valence-corrected chi connectivity index (χ4v) is 6.93. The predicted octanol–water partition coefficient (Wildman–Crippen LogP) is 4.09. The molecule has 0 spiro atoms. The van der Waals surface area contributed by atoms with E-state index in [0.717, 1.165) is 6.08 Å². The third kappa shape index (κ3) is 7.10. The van der Waals surface area contributed by atoms with E-state index in [0.29, 0.717) is 0 Å². The highest BCUT2D eigenvalue weighted by Crippen LogP contribution is 2.48. The summed E-state index contributed by atoms with van der Waals surface area (Å²) in [5.74, 6) is -6.25. The van der Waals surface area contributed by atoms with E-state index in [1.807, 2.05) is 0 Å². The largest absolute Gasteiger partial charge is 0.507 e. The monoisotopic (exact) mass is 693 g/mol. The number of phenolic OH excluding ortho intramolecular Hbond substituents is 1. The first-order valence-corrected chi connectivity index (χ1v) is 16.7. The molecule has 0 saturated carbocycles. The summed E-state index contributed by atoms with van der Waals surface area (Å²) in [5, 5.41) is 36.2. The molecule has 0 saturated heterocycles. The van der Waals surface area contributed by atoms with Crippen molar-refractivity contribution in [3.05, 3.63) is 70.0 Å². The number of fused-ring (bicyclic) bond motifs is 14. The SMILES string of the molecule is CO[C@H]1/C=C/C[C@@]2(C)Oc3c(C)c(O)c4c(c3C2=O)C(=O)C=C(NC(=O)/C(C)=C\C=C\[C@H](C)[C@H](O)[C@@H](C)[C@@H](O)[C@@H](C)[C@H](OC(C)=O)[C@@H]1C)C4=O. The maximum atomic E-state index is 14.0. The van der Waals surface area contributed by atoms with Crippen LogP contribution < -0.4 is 10.1 Å². The van der Waals surface area contributed by atoms with Crippen molar-refractivity contribution in [3.8, 4) is 11.5 Å². The summed E-state index contributed by atoms with van der Waals surface area (Å²) in [5.41, 5.74) is -2.45. The highest BCUT2D eigenvalue weighted by molar-refractivity contribution is 6.31. The zero-order valence-electron chi connectivity index (χ0n) is 29.9. The number of ether oxygens (including phenoxy) is 3. The van der Waals surface area contributed by atoms with Gasteiger partial charge in [0.2, 0.25) is 11.6 Å². The highest BCUT2D eigenvalue weighted by Gasteiger charge is 2.49. The molecule has 1 amide bonds. The molecule has 4 aliphatic rings. The molecule has 0 radical (unpaired) electrons. The normalized spacial score (nSPS) is 34.6. The van der Waals surface area contributed by atoms with Crippen LogP contribution in [0.2, 0.25) is 0 Å². The van der Waals surface area contributed by atoms with Gasteiger partial charge in [0.15, 0.2) is 11.4 Å². The molecular formula is C38H47NO11. The minimum atomic E-state index is -1.53. The van der Waals surface area contributed by atoms with Crippen molar-refractivity contribution < 1.29 is 53.5 Å². The quantitative estimate of drug-likeness (QED) is 0.258. The van der Waals surface area contributed by atoms with Crippen molar-refractivity contribution in [3.63, 3.8) is 0 Å². The number of phenols is 1. The number of carbonyl (C=O) groups is 5. The lowest BCUT2D eigenvalue weighted by molar-refractivity contribution is -0.160. The van der Waals surface area contributed by atoms with E-state index in [1.165, 1.54) is 40.9 Å². The average Bonchev–Trinajstić information content (AvgIpc) is 3.33. The number of methoxy groups -OCH3 is 1. The van der Waals surface area contributed by atoms with Crippen molar-refractivity contribution in [2.45, 2.75) is 91.8 Å². The Kier molecular flexibility index (Phi) is 11.4. The number of hydrogen-bond acceptors (Lipinski definition) is 11. The van der Waals surface area contributed by atoms with Crippen molar-refractivity contribution in [1.29, 1.82) is 0 Å². The molecule has 0 unspecified atom stereocenters. The van der Waals surface area contributed by atoms with E-state index in [9.17, 15) is 39.3 Å². The molecule has 3 aliphatic heterocycles. The second-order valence-electron chi connectivity index (χ2n) is 13.9. The fraction of sp³-hybridized carbons (Fsp3) is 0.500.